The summed E-state index contributed by atoms with van der Waals surface area (Å²) in [7, 11) is 0. The first-order chi connectivity index (χ1) is 9.83. The lowest BCUT2D eigenvalue weighted by molar-refractivity contribution is -0.133. The summed E-state index contributed by atoms with van der Waals surface area (Å²) in [5.41, 5.74) is 1.18. The summed E-state index contributed by atoms with van der Waals surface area (Å²) < 4.78 is 11.2. The van der Waals surface area contributed by atoms with Gasteiger partial charge in [0.05, 0.1) is 6.04 Å². The van der Waals surface area contributed by atoms with Gasteiger partial charge in [0.1, 0.15) is 13.2 Å². The molecule has 0 radical (unpaired) electrons. The highest BCUT2D eigenvalue weighted by Crippen LogP contribution is 2.41. The summed E-state index contributed by atoms with van der Waals surface area (Å²) in [6.45, 7) is 2.11. The molecule has 2 fully saturated rings. The van der Waals surface area contributed by atoms with Crippen molar-refractivity contribution in [1.82, 2.24) is 4.90 Å². The average molecular weight is 273 g/mol. The van der Waals surface area contributed by atoms with Crippen LogP contribution in [0.4, 0.5) is 0 Å². The summed E-state index contributed by atoms with van der Waals surface area (Å²) in [6.07, 6.45) is 4.29. The Labute approximate surface area is 118 Å². The Morgan fingerprint density at radius 1 is 1.10 bits per heavy atom. The van der Waals surface area contributed by atoms with Crippen molar-refractivity contribution in [2.45, 2.75) is 31.7 Å². The van der Waals surface area contributed by atoms with E-state index >= 15 is 0 Å². The lowest BCUT2D eigenvalue weighted by Gasteiger charge is -2.26. The van der Waals surface area contributed by atoms with Gasteiger partial charge in [-0.15, -0.1) is 0 Å². The molecule has 1 unspecified atom stereocenters. The van der Waals surface area contributed by atoms with E-state index in [1.54, 1.807) is 0 Å². The van der Waals surface area contributed by atoms with Crippen molar-refractivity contribution < 1.29 is 14.3 Å². The van der Waals surface area contributed by atoms with Crippen LogP contribution in [0.5, 0.6) is 11.5 Å². The summed E-state index contributed by atoms with van der Waals surface area (Å²) in [4.78, 5) is 14.4. The van der Waals surface area contributed by atoms with Crippen LogP contribution in [0.15, 0.2) is 18.2 Å². The van der Waals surface area contributed by atoms with Gasteiger partial charge < -0.3 is 14.4 Å². The van der Waals surface area contributed by atoms with Gasteiger partial charge in [0.25, 0.3) is 0 Å². The van der Waals surface area contributed by atoms with Gasteiger partial charge in [-0.05, 0) is 43.4 Å². The van der Waals surface area contributed by atoms with E-state index in [9.17, 15) is 4.79 Å². The maximum Gasteiger partial charge on any atom is 0.226 e. The number of hydrogen-bond acceptors (Lipinski definition) is 3. The monoisotopic (exact) mass is 273 g/mol. The molecule has 0 aromatic heterocycles. The highest BCUT2D eigenvalue weighted by Gasteiger charge is 2.38. The first-order valence-corrected chi connectivity index (χ1v) is 7.53. The normalized spacial score (nSPS) is 24.8. The molecule has 20 heavy (non-hydrogen) atoms. The number of ether oxygens (including phenoxy) is 2. The number of carbonyl (C=O) groups is 1. The van der Waals surface area contributed by atoms with E-state index in [0.29, 0.717) is 25.0 Å². The molecule has 1 saturated heterocycles. The number of likely N-dealkylation sites (tertiary alicyclic amines) is 1. The van der Waals surface area contributed by atoms with Crippen LogP contribution in [0.1, 0.15) is 37.3 Å². The lowest BCUT2D eigenvalue weighted by Crippen LogP contribution is -2.31. The minimum atomic E-state index is 0.221. The Hall–Kier alpha value is -1.71. The van der Waals surface area contributed by atoms with Gasteiger partial charge in [-0.2, -0.15) is 0 Å². The van der Waals surface area contributed by atoms with Crippen LogP contribution >= 0.6 is 0 Å². The molecule has 1 atom stereocenters. The number of fused-ring (bicyclic) bond motifs is 1. The molecular weight excluding hydrogens is 254 g/mol. The Morgan fingerprint density at radius 2 is 1.90 bits per heavy atom. The highest BCUT2D eigenvalue weighted by atomic mass is 16.6. The standard InChI is InChI=1S/C16H19NO3/c18-16(11-3-4-11)17-7-1-2-13(17)12-5-6-14-15(10-12)20-9-8-19-14/h5-6,10-11,13H,1-4,7-9H2. The van der Waals surface area contributed by atoms with Crippen molar-refractivity contribution in [3.8, 4) is 11.5 Å². The van der Waals surface area contributed by atoms with Crippen molar-refractivity contribution >= 4 is 5.91 Å². The molecule has 1 aromatic carbocycles. The maximum atomic E-state index is 12.4. The van der Waals surface area contributed by atoms with Gasteiger partial charge in [0.2, 0.25) is 5.91 Å². The van der Waals surface area contributed by atoms with Gasteiger partial charge in [-0.3, -0.25) is 4.79 Å². The van der Waals surface area contributed by atoms with E-state index in [-0.39, 0.29) is 6.04 Å². The van der Waals surface area contributed by atoms with Crippen LogP contribution in [0.2, 0.25) is 0 Å². The Kier molecular flexibility index (Phi) is 2.83. The predicted molar refractivity (Wildman–Crippen MR) is 73.8 cm³/mol. The smallest absolute Gasteiger partial charge is 0.226 e. The SMILES string of the molecule is O=C(C1CC1)N1CCCC1c1ccc2c(c1)OCCO2. The molecule has 1 amide bonds. The third-order valence-electron chi connectivity index (χ3n) is 4.41. The number of amides is 1. The van der Waals surface area contributed by atoms with Crippen LogP contribution in [-0.4, -0.2) is 30.6 Å². The number of rotatable bonds is 2. The number of nitrogens with zero attached hydrogens (tertiary/aromatic N) is 1. The zero-order valence-corrected chi connectivity index (χ0v) is 11.5. The van der Waals surface area contributed by atoms with Crippen molar-refractivity contribution in [2.24, 2.45) is 5.92 Å². The zero-order valence-electron chi connectivity index (χ0n) is 11.5. The third-order valence-corrected chi connectivity index (χ3v) is 4.41. The van der Waals surface area contributed by atoms with E-state index in [2.05, 4.69) is 17.0 Å². The second-order valence-electron chi connectivity index (χ2n) is 5.87. The molecule has 0 spiro atoms. The van der Waals surface area contributed by atoms with E-state index in [1.807, 2.05) is 6.07 Å². The Balaban J connectivity index is 1.60. The number of hydrogen-bond donors (Lipinski definition) is 0. The first-order valence-electron chi connectivity index (χ1n) is 7.53. The molecule has 4 nitrogen and oxygen atoms in total. The summed E-state index contributed by atoms with van der Waals surface area (Å²) in [5.74, 6) is 2.28. The summed E-state index contributed by atoms with van der Waals surface area (Å²) in [6, 6.07) is 6.33. The van der Waals surface area contributed by atoms with Crippen molar-refractivity contribution in [3.63, 3.8) is 0 Å². The average Bonchev–Trinajstić information content (AvgIpc) is 3.23. The van der Waals surface area contributed by atoms with Crippen LogP contribution in [0.3, 0.4) is 0 Å². The van der Waals surface area contributed by atoms with Crippen LogP contribution < -0.4 is 9.47 Å². The third kappa shape index (κ3) is 2.03. The summed E-state index contributed by atoms with van der Waals surface area (Å²) in [5, 5.41) is 0. The molecule has 2 heterocycles. The van der Waals surface area contributed by atoms with Gasteiger partial charge in [-0.1, -0.05) is 6.07 Å². The van der Waals surface area contributed by atoms with Crippen LogP contribution in [0.25, 0.3) is 0 Å². The van der Waals surface area contributed by atoms with E-state index in [1.165, 1.54) is 5.56 Å². The fraction of sp³-hybridized carbons (Fsp3) is 0.562. The second kappa shape index (κ2) is 4.69. The molecule has 1 saturated carbocycles. The maximum absolute atomic E-state index is 12.4. The molecular formula is C16H19NO3. The first kappa shape index (κ1) is 12.1. The molecule has 2 aliphatic heterocycles. The number of carbonyl (C=O) groups excluding carboxylic acids is 1. The second-order valence-corrected chi connectivity index (χ2v) is 5.87. The van der Waals surface area contributed by atoms with Crippen molar-refractivity contribution in [1.29, 1.82) is 0 Å². The van der Waals surface area contributed by atoms with E-state index in [0.717, 1.165) is 43.7 Å². The van der Waals surface area contributed by atoms with Gasteiger partial charge in [-0.25, -0.2) is 0 Å². The largest absolute Gasteiger partial charge is 0.486 e. The minimum Gasteiger partial charge on any atom is -0.486 e. The van der Waals surface area contributed by atoms with Gasteiger partial charge >= 0.3 is 0 Å². The topological polar surface area (TPSA) is 38.8 Å². The summed E-state index contributed by atoms with van der Waals surface area (Å²) >= 11 is 0. The fourth-order valence-electron chi connectivity index (χ4n) is 3.21. The molecule has 1 aromatic rings. The highest BCUT2D eigenvalue weighted by molar-refractivity contribution is 5.81. The van der Waals surface area contributed by atoms with Crippen molar-refractivity contribution in [2.75, 3.05) is 19.8 Å². The quantitative estimate of drug-likeness (QED) is 0.831. The molecule has 0 N–H and O–H groups in total. The zero-order chi connectivity index (χ0) is 13.5. The Bertz CT molecular complexity index is 539. The molecule has 106 valence electrons. The number of benzene rings is 1. The Morgan fingerprint density at radius 3 is 2.70 bits per heavy atom. The molecule has 1 aliphatic carbocycles. The molecule has 0 bridgehead atoms. The van der Waals surface area contributed by atoms with Crippen LogP contribution in [0, 0.1) is 5.92 Å². The van der Waals surface area contributed by atoms with Gasteiger partial charge in [0, 0.05) is 12.5 Å². The predicted octanol–water partition coefficient (Wildman–Crippen LogP) is 2.53. The molecule has 3 aliphatic rings. The van der Waals surface area contributed by atoms with Gasteiger partial charge in [0.15, 0.2) is 11.5 Å². The fourth-order valence-corrected chi connectivity index (χ4v) is 3.21. The van der Waals surface area contributed by atoms with E-state index in [4.69, 9.17) is 9.47 Å². The molecule has 4 rings (SSSR count). The molecule has 4 heteroatoms. The lowest BCUT2D eigenvalue weighted by atomic mass is 10.0. The van der Waals surface area contributed by atoms with E-state index < -0.39 is 0 Å². The van der Waals surface area contributed by atoms with Crippen molar-refractivity contribution in [3.05, 3.63) is 23.8 Å². The van der Waals surface area contributed by atoms with Crippen LogP contribution in [-0.2, 0) is 4.79 Å². The minimum absolute atomic E-state index is 0.221.